The minimum absolute atomic E-state index is 0.237. The van der Waals surface area contributed by atoms with E-state index in [4.69, 9.17) is 0 Å². The SMILES string of the molecule is CCN(C)CCNS(=O)(=O)CCC1CCCCN1. The van der Waals surface area contributed by atoms with Crippen molar-refractivity contribution in [3.63, 3.8) is 0 Å². The van der Waals surface area contributed by atoms with Crippen LogP contribution in [0.25, 0.3) is 0 Å². The molecule has 1 saturated heterocycles. The molecule has 1 heterocycles. The average molecular weight is 277 g/mol. The Morgan fingerprint density at radius 1 is 1.39 bits per heavy atom. The van der Waals surface area contributed by atoms with Crippen LogP contribution in [0.15, 0.2) is 0 Å². The van der Waals surface area contributed by atoms with Crippen LogP contribution in [0.3, 0.4) is 0 Å². The first-order valence-electron chi connectivity index (χ1n) is 6.93. The van der Waals surface area contributed by atoms with Crippen LogP contribution in [-0.2, 0) is 10.0 Å². The van der Waals surface area contributed by atoms with Gasteiger partial charge in [0, 0.05) is 19.1 Å². The van der Waals surface area contributed by atoms with Gasteiger partial charge in [0.25, 0.3) is 0 Å². The molecule has 18 heavy (non-hydrogen) atoms. The molecule has 1 aliphatic heterocycles. The second-order valence-electron chi connectivity index (χ2n) is 5.04. The lowest BCUT2D eigenvalue weighted by Crippen LogP contribution is -2.38. The van der Waals surface area contributed by atoms with Crippen LogP contribution < -0.4 is 10.0 Å². The zero-order valence-corrected chi connectivity index (χ0v) is 12.4. The molecule has 0 saturated carbocycles. The van der Waals surface area contributed by atoms with Crippen LogP contribution in [0.1, 0.15) is 32.6 Å². The molecule has 108 valence electrons. The maximum Gasteiger partial charge on any atom is 0.211 e. The normalized spacial score (nSPS) is 21.4. The van der Waals surface area contributed by atoms with Gasteiger partial charge in [0.05, 0.1) is 5.75 Å². The molecule has 0 aliphatic carbocycles. The third-order valence-electron chi connectivity index (χ3n) is 3.50. The Balaban J connectivity index is 2.18. The molecule has 0 bridgehead atoms. The Kier molecular flexibility index (Phi) is 7.14. The van der Waals surface area contributed by atoms with Gasteiger partial charge in [0.1, 0.15) is 0 Å². The van der Waals surface area contributed by atoms with E-state index >= 15 is 0 Å². The number of nitrogens with one attached hydrogen (secondary N) is 2. The van der Waals surface area contributed by atoms with Gasteiger partial charge < -0.3 is 10.2 Å². The van der Waals surface area contributed by atoms with Crippen LogP contribution in [-0.4, -0.2) is 58.3 Å². The predicted molar refractivity (Wildman–Crippen MR) is 75.2 cm³/mol. The zero-order chi connectivity index (χ0) is 13.4. The molecule has 0 aromatic carbocycles. The highest BCUT2D eigenvalue weighted by atomic mass is 32.2. The van der Waals surface area contributed by atoms with E-state index in [-0.39, 0.29) is 5.75 Å². The van der Waals surface area contributed by atoms with Crippen molar-refractivity contribution in [3.05, 3.63) is 0 Å². The molecule has 0 radical (unpaired) electrons. The third kappa shape index (κ3) is 6.68. The maximum atomic E-state index is 11.8. The van der Waals surface area contributed by atoms with E-state index in [1.54, 1.807) is 0 Å². The lowest BCUT2D eigenvalue weighted by Gasteiger charge is -2.23. The Hall–Kier alpha value is -0.170. The van der Waals surface area contributed by atoms with Crippen molar-refractivity contribution in [1.29, 1.82) is 0 Å². The quantitative estimate of drug-likeness (QED) is 0.674. The van der Waals surface area contributed by atoms with E-state index in [1.807, 2.05) is 7.05 Å². The molecular formula is C12H27N3O2S. The van der Waals surface area contributed by atoms with Gasteiger partial charge in [-0.3, -0.25) is 0 Å². The summed E-state index contributed by atoms with van der Waals surface area (Å²) >= 11 is 0. The Labute approximate surface area is 111 Å². The van der Waals surface area contributed by atoms with E-state index in [0.29, 0.717) is 12.6 Å². The molecule has 0 aromatic rings. The van der Waals surface area contributed by atoms with Crippen molar-refractivity contribution in [3.8, 4) is 0 Å². The fraction of sp³-hybridized carbons (Fsp3) is 1.00. The largest absolute Gasteiger partial charge is 0.314 e. The molecule has 1 unspecified atom stereocenters. The number of nitrogens with zero attached hydrogens (tertiary/aromatic N) is 1. The van der Waals surface area contributed by atoms with E-state index in [0.717, 1.165) is 32.5 Å². The fourth-order valence-electron chi connectivity index (χ4n) is 2.09. The molecule has 0 amide bonds. The lowest BCUT2D eigenvalue weighted by molar-refractivity contribution is 0.357. The van der Waals surface area contributed by atoms with E-state index < -0.39 is 10.0 Å². The molecule has 2 N–H and O–H groups in total. The standard InChI is InChI=1S/C12H27N3O2S/c1-3-15(2)10-9-14-18(16,17)11-7-12-6-4-5-8-13-12/h12-14H,3-11H2,1-2H3. The molecule has 1 aliphatic rings. The van der Waals surface area contributed by atoms with Gasteiger partial charge in [0.2, 0.25) is 10.0 Å². The number of hydrogen-bond acceptors (Lipinski definition) is 4. The van der Waals surface area contributed by atoms with Crippen LogP contribution in [0.4, 0.5) is 0 Å². The van der Waals surface area contributed by atoms with Gasteiger partial charge >= 0.3 is 0 Å². The minimum Gasteiger partial charge on any atom is -0.314 e. The van der Waals surface area contributed by atoms with Crippen molar-refractivity contribution >= 4 is 10.0 Å². The number of rotatable bonds is 8. The number of piperidine rings is 1. The monoisotopic (exact) mass is 277 g/mol. The summed E-state index contributed by atoms with van der Waals surface area (Å²) in [5, 5.41) is 3.37. The fourth-order valence-corrected chi connectivity index (χ4v) is 3.23. The third-order valence-corrected chi connectivity index (χ3v) is 4.92. The molecule has 6 heteroatoms. The Bertz CT molecular complexity index is 313. The van der Waals surface area contributed by atoms with Gasteiger partial charge in [-0.05, 0) is 39.4 Å². The first kappa shape index (κ1) is 15.9. The number of hydrogen-bond donors (Lipinski definition) is 2. The molecule has 1 atom stereocenters. The highest BCUT2D eigenvalue weighted by Crippen LogP contribution is 2.10. The zero-order valence-electron chi connectivity index (χ0n) is 11.6. The second-order valence-corrected chi connectivity index (χ2v) is 6.97. The average Bonchev–Trinajstić information content (AvgIpc) is 2.37. The van der Waals surface area contributed by atoms with Gasteiger partial charge in [-0.1, -0.05) is 13.3 Å². The van der Waals surface area contributed by atoms with Gasteiger partial charge in [-0.25, -0.2) is 13.1 Å². The van der Waals surface area contributed by atoms with Gasteiger partial charge in [-0.15, -0.1) is 0 Å². The van der Waals surface area contributed by atoms with Crippen molar-refractivity contribution in [2.45, 2.75) is 38.6 Å². The summed E-state index contributed by atoms with van der Waals surface area (Å²) in [6.45, 7) is 5.29. The summed E-state index contributed by atoms with van der Waals surface area (Å²) < 4.78 is 26.2. The van der Waals surface area contributed by atoms with Crippen LogP contribution in [0, 0.1) is 0 Å². The first-order chi connectivity index (χ1) is 8.53. The van der Waals surface area contributed by atoms with Gasteiger partial charge in [0.15, 0.2) is 0 Å². The first-order valence-corrected chi connectivity index (χ1v) is 8.58. The van der Waals surface area contributed by atoms with Crippen LogP contribution in [0.2, 0.25) is 0 Å². The molecule has 0 aromatic heterocycles. The summed E-state index contributed by atoms with van der Waals surface area (Å²) in [4.78, 5) is 2.09. The summed E-state index contributed by atoms with van der Waals surface area (Å²) in [7, 11) is -1.12. The van der Waals surface area contributed by atoms with Crippen LogP contribution in [0.5, 0.6) is 0 Å². The van der Waals surface area contributed by atoms with Crippen molar-refractivity contribution in [2.24, 2.45) is 0 Å². The van der Waals surface area contributed by atoms with E-state index in [2.05, 4.69) is 21.9 Å². The highest BCUT2D eigenvalue weighted by molar-refractivity contribution is 7.89. The molecule has 5 nitrogen and oxygen atoms in total. The van der Waals surface area contributed by atoms with Gasteiger partial charge in [-0.2, -0.15) is 0 Å². The van der Waals surface area contributed by atoms with E-state index in [9.17, 15) is 8.42 Å². The lowest BCUT2D eigenvalue weighted by atomic mass is 10.0. The number of likely N-dealkylation sites (N-methyl/N-ethyl adjacent to an activating group) is 1. The van der Waals surface area contributed by atoms with E-state index in [1.165, 1.54) is 12.8 Å². The smallest absolute Gasteiger partial charge is 0.211 e. The summed E-state index contributed by atoms with van der Waals surface area (Å²) in [6, 6.07) is 0.383. The molecular weight excluding hydrogens is 250 g/mol. The predicted octanol–water partition coefficient (Wildman–Crippen LogP) is 0.390. The minimum atomic E-state index is -3.10. The molecule has 1 rings (SSSR count). The number of sulfonamides is 1. The Morgan fingerprint density at radius 2 is 2.17 bits per heavy atom. The van der Waals surface area contributed by atoms with Crippen molar-refractivity contribution < 1.29 is 8.42 Å². The Morgan fingerprint density at radius 3 is 2.78 bits per heavy atom. The highest BCUT2D eigenvalue weighted by Gasteiger charge is 2.17. The molecule has 0 spiro atoms. The summed E-state index contributed by atoms with van der Waals surface area (Å²) in [5.41, 5.74) is 0. The molecule has 1 fully saturated rings. The topological polar surface area (TPSA) is 61.4 Å². The second kappa shape index (κ2) is 8.09. The maximum absolute atomic E-state index is 11.8. The van der Waals surface area contributed by atoms with Crippen molar-refractivity contribution in [1.82, 2.24) is 14.9 Å². The summed E-state index contributed by atoms with van der Waals surface area (Å²) in [6.07, 6.45) is 4.25. The van der Waals surface area contributed by atoms with Crippen molar-refractivity contribution in [2.75, 3.05) is 39.0 Å². The summed E-state index contributed by atoms with van der Waals surface area (Å²) in [5.74, 6) is 0.237. The van der Waals surface area contributed by atoms with Crippen LogP contribution >= 0.6 is 0 Å².